The molecule has 137 heavy (non-hydrogen) atoms. The summed E-state index contributed by atoms with van der Waals surface area (Å²) in [6, 6.07) is 57.7. The van der Waals surface area contributed by atoms with Gasteiger partial charge in [-0.1, -0.05) is 64.7 Å². The number of hydrogen-bond acceptors (Lipinski definition) is 37. The molecule has 5 aliphatic rings. The van der Waals surface area contributed by atoms with Gasteiger partial charge in [-0.3, -0.25) is 81.2 Å². The zero-order valence-electron chi connectivity index (χ0n) is 71.1. The summed E-state index contributed by atoms with van der Waals surface area (Å²) in [5.41, 5.74) is -0.739. The number of hydrogen-bond donors (Lipinski definition) is 0. The molecule has 0 N–H and O–H groups in total. The Labute approximate surface area is 846 Å². The third-order valence-corrected chi connectivity index (χ3v) is 15.9. The van der Waals surface area contributed by atoms with Gasteiger partial charge in [-0.05, 0) is 102 Å². The topological polar surface area (TPSA) is 400 Å². The third kappa shape index (κ3) is 34.7. The summed E-state index contributed by atoms with van der Waals surface area (Å²) in [6.45, 7) is 9.32. The molecule has 709 valence electrons. The van der Waals surface area contributed by atoms with Gasteiger partial charge >= 0.3 is 0 Å². The Bertz CT molecular complexity index is 5750. The fourth-order valence-electron chi connectivity index (χ4n) is 10.0. The van der Waals surface area contributed by atoms with E-state index in [2.05, 4.69) is 156 Å². The van der Waals surface area contributed by atoms with Gasteiger partial charge in [0.05, 0.1) is 96.2 Å². The molecule has 5 radical (unpaired) electrons. The number of benzene rings is 4. The molecular weight excluding hydrogens is 2680 g/mol. The first kappa shape index (κ1) is 111. The van der Waals surface area contributed by atoms with Gasteiger partial charge in [0.25, 0.3) is 0 Å². The summed E-state index contributed by atoms with van der Waals surface area (Å²) in [6.07, 6.45) is 30.4. The largest absolute Gasteiger partial charge is 0.493 e. The van der Waals surface area contributed by atoms with Crippen molar-refractivity contribution >= 4 is 60.8 Å². The van der Waals surface area contributed by atoms with Crippen LogP contribution in [0.15, 0.2) is 271 Å². The minimum atomic E-state index is -1.02. The van der Waals surface area contributed by atoms with Gasteiger partial charge in [0.15, 0.2) is 0 Å². The summed E-state index contributed by atoms with van der Waals surface area (Å²) in [5, 5.41) is 46.3. The van der Waals surface area contributed by atoms with Crippen LogP contribution < -0.4 is 25.0 Å². The van der Waals surface area contributed by atoms with E-state index in [1.165, 1.54) is 75.2 Å². The zero-order chi connectivity index (χ0) is 93.2. The Balaban J connectivity index is 0.000000233. The van der Waals surface area contributed by atoms with Crippen molar-refractivity contribution < 1.29 is 136 Å². The van der Waals surface area contributed by atoms with Crippen LogP contribution >= 0.6 is 0 Å². The van der Waals surface area contributed by atoms with Gasteiger partial charge in [0.2, 0.25) is 0 Å². The van der Waals surface area contributed by atoms with Crippen molar-refractivity contribution in [1.82, 2.24) is 124 Å². The van der Waals surface area contributed by atoms with E-state index < -0.39 is 57.9 Å². The van der Waals surface area contributed by atoms with Crippen molar-refractivity contribution in [3.8, 4) is 69.1 Å². The van der Waals surface area contributed by atoms with Crippen molar-refractivity contribution in [2.24, 2.45) is 25.5 Å². The van der Waals surface area contributed by atoms with E-state index in [0.717, 1.165) is 65.0 Å². The monoisotopic (exact) mass is 2740 g/mol. The maximum atomic E-state index is 13.6. The normalized spacial score (nSPS) is 12.1. The van der Waals surface area contributed by atoms with Gasteiger partial charge < -0.3 is 49.5 Å². The van der Waals surface area contributed by atoms with Gasteiger partial charge in [-0.2, -0.15) is 36.0 Å². The molecule has 0 saturated carbocycles. The van der Waals surface area contributed by atoms with Gasteiger partial charge in [0.1, 0.15) is 91.6 Å². The van der Waals surface area contributed by atoms with Crippen LogP contribution in [-0.2, 0) is 101 Å². The van der Waals surface area contributed by atoms with Crippen LogP contribution in [0, 0.1) is 133 Å². The van der Waals surface area contributed by atoms with Gasteiger partial charge in [-0.15, -0.1) is 112 Å². The summed E-state index contributed by atoms with van der Waals surface area (Å²) in [5.74, 6) is -2.16. The van der Waals surface area contributed by atoms with Crippen molar-refractivity contribution in [2.45, 2.75) is 0 Å². The van der Waals surface area contributed by atoms with E-state index in [9.17, 15) is 35.1 Å². The smallest absolute Gasteiger partial charge is 0.130 e. The molecule has 16 heterocycles. The van der Waals surface area contributed by atoms with E-state index in [0.29, 0.717) is 5.82 Å². The number of pyridine rings is 6. The van der Waals surface area contributed by atoms with Crippen LogP contribution in [0.3, 0.4) is 0 Å². The van der Waals surface area contributed by atoms with Crippen molar-refractivity contribution in [3.05, 3.63) is 367 Å². The van der Waals surface area contributed by atoms with E-state index >= 15 is 0 Å². The zero-order valence-corrected chi connectivity index (χ0v) is 83.1. The Hall–Kier alpha value is -15.1. The van der Waals surface area contributed by atoms with Crippen LogP contribution in [0.4, 0.5) is 64.2 Å². The van der Waals surface area contributed by atoms with E-state index in [1.54, 1.807) is 93.8 Å². The number of anilines is 5. The molecule has 0 amide bonds. The molecule has 5 aliphatic heterocycles. The van der Waals surface area contributed by atoms with Crippen LogP contribution in [0.5, 0.6) is 0 Å². The molecule has 15 aromatic rings. The summed E-state index contributed by atoms with van der Waals surface area (Å²) >= 11 is 0. The number of aromatic nitrogens is 20. The molecular formula is C87H65F8Ir5N37-10. The van der Waals surface area contributed by atoms with Crippen LogP contribution in [0.2, 0.25) is 0 Å². The molecule has 0 unspecified atom stereocenters. The first-order chi connectivity index (χ1) is 64.3. The number of nitrogens with zero attached hydrogens (tertiary/aromatic N) is 37. The molecule has 0 saturated heterocycles. The quantitative estimate of drug-likeness (QED) is 0.0697. The maximum absolute atomic E-state index is 13.6. The first-order valence-corrected chi connectivity index (χ1v) is 37.8. The number of rotatable bonds is 10. The molecule has 4 aromatic carbocycles. The molecule has 0 aliphatic carbocycles. The minimum absolute atomic E-state index is 0. The number of hydrazone groups is 5. The molecule has 20 rings (SSSR count). The molecule has 0 spiro atoms. The molecule has 50 heteroatoms. The molecule has 0 bridgehead atoms. The fourth-order valence-corrected chi connectivity index (χ4v) is 10.0. The summed E-state index contributed by atoms with van der Waals surface area (Å²) in [7, 11) is 9.62. The molecule has 0 fully saturated rings. The fraction of sp³-hybridized carbons (Fsp3) is 0.0575. The van der Waals surface area contributed by atoms with E-state index in [-0.39, 0.29) is 146 Å². The Morgan fingerprint density at radius 3 is 0.876 bits per heavy atom. The van der Waals surface area contributed by atoms with Crippen molar-refractivity contribution in [2.75, 3.05) is 60.3 Å². The number of nitriles is 2. The third-order valence-electron chi connectivity index (χ3n) is 15.9. The molecule has 11 aromatic heterocycles. The van der Waals surface area contributed by atoms with Gasteiger partial charge in [-0.25, -0.2) is 53.6 Å². The van der Waals surface area contributed by atoms with Gasteiger partial charge in [0, 0.05) is 167 Å². The summed E-state index contributed by atoms with van der Waals surface area (Å²) < 4.78 is 104. The van der Waals surface area contributed by atoms with Crippen LogP contribution in [-0.4, -0.2) is 191 Å². The average molecular weight is 2740 g/mol. The SMILES string of the molecule is CN1C=NN(c2ccccn2)[CH-]1.CN1C=NN(c2ccccn2)[CH-]1.CN1C=NN(c2ccccn2)[CH-]1.CN1C=NN(c2ccccn2)[CH-]1.CN1C=NN(c2ccccn2)[CH-]1.Fc1c[c-]c(-c2ncncn2)c(F)c1.Fc1c[c-]c(-c2ncncn2)c(F)n1.N#Cc1c(F)c[c-]c(-c2ncccn2)c1F.N#Cc1c(F)c[c-]c(-c2ncncn2)c1F.[Ir].[Ir].[Ir].[Ir].[Ir].[c-]1ccccc1-c1ncncn1. The second-order valence-corrected chi connectivity index (χ2v) is 25.5. The number of halogens is 8. The van der Waals surface area contributed by atoms with Crippen molar-refractivity contribution in [3.63, 3.8) is 0 Å². The van der Waals surface area contributed by atoms with E-state index in [4.69, 9.17) is 10.5 Å². The molecule has 0 atom stereocenters. The van der Waals surface area contributed by atoms with Crippen LogP contribution in [0.25, 0.3) is 56.9 Å². The van der Waals surface area contributed by atoms with Crippen LogP contribution in [0.1, 0.15) is 11.1 Å². The van der Waals surface area contributed by atoms with Crippen molar-refractivity contribution in [1.29, 1.82) is 10.5 Å². The standard InChI is InChI=1S/C11H4F2N3.C10H3F2N4.C9H4F2N3.C9H6N3.C8H3F2N4.5C8H9N4.5Ir/c12-9-3-2-7(10(13)8(9)6-14)11-15-4-1-5-16-11;11-8-2-1-6(9(12)7(8)3-13)10-15-4-14-5-16-10;10-6-1-2-7(8(11)3-6)9-13-4-12-5-14-9;1-2-4-8(5-3-1)9-11-6-10-7-12-9;9-6-2-1-5(7(10)14-6)8-12-3-11-4-13-8;5*1-11-6-10-12(7-11)8-4-2-3-5-9-8;;;;;/h1,3-5H;2,4-5H;1,3-5H;1-4,6-7H;2-4H;5*2-7H,1H3;;;;;/q10*-1;;;;;. The Morgan fingerprint density at radius 1 is 0.299 bits per heavy atom. The Kier molecular flexibility index (Phi) is 47.5. The minimum Gasteiger partial charge on any atom is -0.493 e. The summed E-state index contributed by atoms with van der Waals surface area (Å²) in [4.78, 5) is 85.3. The predicted molar refractivity (Wildman–Crippen MR) is 466 cm³/mol. The second-order valence-electron chi connectivity index (χ2n) is 25.5. The predicted octanol–water partition coefficient (Wildman–Crippen LogP) is 12.0. The average Bonchev–Trinajstić information content (AvgIpc) is 1.71. The van der Waals surface area contributed by atoms with E-state index in [1.807, 2.05) is 208 Å². The maximum Gasteiger partial charge on any atom is 0.130 e. The molecule has 37 nitrogen and oxygen atoms in total. The first-order valence-electron chi connectivity index (χ1n) is 37.8. The second kappa shape index (κ2) is 58.8. The Morgan fingerprint density at radius 2 is 0.591 bits per heavy atom.